The van der Waals surface area contributed by atoms with Gasteiger partial charge in [0.25, 0.3) is 5.91 Å². The molecule has 6 nitrogen and oxygen atoms in total. The number of hydrogen-bond donors (Lipinski definition) is 1. The van der Waals surface area contributed by atoms with Crippen LogP contribution in [0.2, 0.25) is 0 Å². The van der Waals surface area contributed by atoms with Crippen LogP contribution in [0.15, 0.2) is 23.5 Å². The molecule has 1 aromatic heterocycles. The molecule has 112 valence electrons. The van der Waals surface area contributed by atoms with Crippen molar-refractivity contribution in [3.05, 3.63) is 24.3 Å². The molecule has 0 atom stereocenters. The van der Waals surface area contributed by atoms with Crippen LogP contribution in [0.1, 0.15) is 12.8 Å². The van der Waals surface area contributed by atoms with Gasteiger partial charge in [0.1, 0.15) is 5.54 Å². The highest BCUT2D eigenvalue weighted by Gasteiger charge is 2.46. The molecule has 2 aliphatic heterocycles. The lowest BCUT2D eigenvalue weighted by Crippen LogP contribution is -2.49. The van der Waals surface area contributed by atoms with Crippen molar-refractivity contribution in [2.45, 2.75) is 18.4 Å². The van der Waals surface area contributed by atoms with Crippen LogP contribution in [0.25, 0.3) is 0 Å². The average molecular weight is 291 g/mol. The van der Waals surface area contributed by atoms with E-state index in [0.717, 1.165) is 0 Å². The van der Waals surface area contributed by atoms with Gasteiger partial charge in [0.05, 0.1) is 11.9 Å². The summed E-state index contributed by atoms with van der Waals surface area (Å²) in [5.74, 6) is 0.214. The van der Waals surface area contributed by atoms with E-state index >= 15 is 0 Å². The van der Waals surface area contributed by atoms with Gasteiger partial charge in [-0.05, 0) is 18.9 Å². The third-order valence-electron chi connectivity index (χ3n) is 4.07. The molecule has 1 spiro atoms. The van der Waals surface area contributed by atoms with Crippen LogP contribution in [0, 0.1) is 5.82 Å². The average Bonchev–Trinajstić information content (AvgIpc) is 2.78. The fourth-order valence-corrected chi connectivity index (χ4v) is 2.79. The van der Waals surface area contributed by atoms with Gasteiger partial charge in [-0.1, -0.05) is 0 Å². The minimum atomic E-state index is -0.695. The summed E-state index contributed by atoms with van der Waals surface area (Å²) in [4.78, 5) is 24.3. The number of guanidine groups is 1. The number of carbonyl (C=O) groups is 1. The minimum Gasteiger partial charge on any atom is -0.369 e. The molecule has 0 saturated carbocycles. The first-order valence-electron chi connectivity index (χ1n) is 6.95. The van der Waals surface area contributed by atoms with Gasteiger partial charge in [-0.25, -0.2) is 9.38 Å². The molecule has 2 aliphatic rings. The van der Waals surface area contributed by atoms with Crippen molar-refractivity contribution in [1.82, 2.24) is 15.2 Å². The number of amides is 1. The highest BCUT2D eigenvalue weighted by atomic mass is 19.1. The van der Waals surface area contributed by atoms with Crippen molar-refractivity contribution in [3.8, 4) is 0 Å². The number of rotatable bonds is 1. The Bertz CT molecular complexity index is 593. The third-order valence-corrected chi connectivity index (χ3v) is 4.07. The second kappa shape index (κ2) is 4.98. The molecule has 0 bridgehead atoms. The number of pyridine rings is 1. The second-order valence-electron chi connectivity index (χ2n) is 5.63. The number of hydrogen-bond acceptors (Lipinski definition) is 5. The molecule has 1 saturated heterocycles. The van der Waals surface area contributed by atoms with Crippen LogP contribution in [0.5, 0.6) is 0 Å². The Morgan fingerprint density at radius 3 is 2.67 bits per heavy atom. The van der Waals surface area contributed by atoms with E-state index in [9.17, 15) is 9.18 Å². The number of aromatic nitrogens is 1. The molecule has 0 aromatic carbocycles. The SMILES string of the molecule is CN(C)C1=NC2(CCN(c3ccncc3F)CC2)C(=O)N1. The lowest BCUT2D eigenvalue weighted by atomic mass is 9.88. The number of halogens is 1. The van der Waals surface area contributed by atoms with Crippen molar-refractivity contribution in [3.63, 3.8) is 0 Å². The fourth-order valence-electron chi connectivity index (χ4n) is 2.79. The maximum atomic E-state index is 13.8. The summed E-state index contributed by atoms with van der Waals surface area (Å²) in [6.07, 6.45) is 3.95. The Balaban J connectivity index is 1.76. The van der Waals surface area contributed by atoms with Gasteiger partial charge in [0.15, 0.2) is 5.82 Å². The maximum Gasteiger partial charge on any atom is 0.254 e. The number of nitrogens with zero attached hydrogens (tertiary/aromatic N) is 4. The van der Waals surface area contributed by atoms with Crippen LogP contribution in [0.4, 0.5) is 10.1 Å². The van der Waals surface area contributed by atoms with Crippen molar-refractivity contribution in [2.75, 3.05) is 32.1 Å². The van der Waals surface area contributed by atoms with Crippen molar-refractivity contribution >= 4 is 17.6 Å². The third kappa shape index (κ3) is 2.32. The van der Waals surface area contributed by atoms with Gasteiger partial charge in [0.2, 0.25) is 5.96 Å². The lowest BCUT2D eigenvalue weighted by molar-refractivity contribution is -0.124. The summed E-state index contributed by atoms with van der Waals surface area (Å²) in [5.41, 5.74) is -0.158. The molecular weight excluding hydrogens is 273 g/mol. The van der Waals surface area contributed by atoms with Gasteiger partial charge in [-0.3, -0.25) is 15.1 Å². The molecule has 7 heteroatoms. The Hall–Kier alpha value is -2.18. The minimum absolute atomic E-state index is 0.0546. The normalized spacial score (nSPS) is 20.4. The van der Waals surface area contributed by atoms with Crippen LogP contribution >= 0.6 is 0 Å². The van der Waals surface area contributed by atoms with Crippen molar-refractivity contribution in [2.24, 2.45) is 4.99 Å². The molecule has 21 heavy (non-hydrogen) atoms. The number of anilines is 1. The fraction of sp³-hybridized carbons (Fsp3) is 0.500. The molecule has 0 aliphatic carbocycles. The molecule has 1 N–H and O–H groups in total. The maximum absolute atomic E-state index is 13.8. The van der Waals surface area contributed by atoms with E-state index in [1.807, 2.05) is 19.0 Å². The molecule has 3 heterocycles. The Kier molecular flexibility index (Phi) is 3.27. The summed E-state index contributed by atoms with van der Waals surface area (Å²) in [6, 6.07) is 1.66. The standard InChI is InChI=1S/C14H18FN5O/c1-19(2)13-17-12(21)14(18-13)4-7-20(8-5-14)11-3-6-16-9-10(11)15/h3,6,9H,4-5,7-8H2,1-2H3,(H,17,18,21). The van der Waals surface area contributed by atoms with E-state index in [1.165, 1.54) is 6.20 Å². The van der Waals surface area contributed by atoms with Crippen molar-refractivity contribution in [1.29, 1.82) is 0 Å². The van der Waals surface area contributed by atoms with E-state index in [4.69, 9.17) is 0 Å². The zero-order chi connectivity index (χ0) is 15.0. The van der Waals surface area contributed by atoms with Crippen molar-refractivity contribution < 1.29 is 9.18 Å². The molecule has 0 unspecified atom stereocenters. The molecule has 1 aromatic rings. The summed E-state index contributed by atoms with van der Waals surface area (Å²) in [6.45, 7) is 1.19. The van der Waals surface area contributed by atoms with Crippen LogP contribution < -0.4 is 10.2 Å². The number of carbonyl (C=O) groups excluding carboxylic acids is 1. The van der Waals surface area contributed by atoms with Gasteiger partial charge < -0.3 is 9.80 Å². The van der Waals surface area contributed by atoms with E-state index < -0.39 is 5.54 Å². The molecule has 1 amide bonds. The van der Waals surface area contributed by atoms with Gasteiger partial charge >= 0.3 is 0 Å². The predicted octanol–water partition coefficient (Wildman–Crippen LogP) is 0.607. The topological polar surface area (TPSA) is 60.8 Å². The van der Waals surface area contributed by atoms with E-state index in [1.54, 1.807) is 17.2 Å². The smallest absolute Gasteiger partial charge is 0.254 e. The van der Waals surface area contributed by atoms with Gasteiger partial charge in [0, 0.05) is 33.4 Å². The number of piperidine rings is 1. The Morgan fingerprint density at radius 1 is 1.38 bits per heavy atom. The molecule has 0 radical (unpaired) electrons. The summed E-state index contributed by atoms with van der Waals surface area (Å²) in [7, 11) is 3.69. The first-order chi connectivity index (χ1) is 10.0. The Labute approximate surface area is 122 Å². The monoisotopic (exact) mass is 291 g/mol. The first kappa shape index (κ1) is 13.8. The van der Waals surface area contributed by atoms with Crippen LogP contribution in [0.3, 0.4) is 0 Å². The number of aliphatic imine (C=N–C) groups is 1. The van der Waals surface area contributed by atoms with Gasteiger partial charge in [-0.15, -0.1) is 0 Å². The Morgan fingerprint density at radius 2 is 2.10 bits per heavy atom. The van der Waals surface area contributed by atoms with Crippen LogP contribution in [-0.4, -0.2) is 54.5 Å². The highest BCUT2D eigenvalue weighted by molar-refractivity contribution is 6.07. The molecular formula is C14H18FN5O. The van der Waals surface area contributed by atoms with E-state index in [2.05, 4.69) is 15.3 Å². The summed E-state index contributed by atoms with van der Waals surface area (Å²) >= 11 is 0. The first-order valence-corrected chi connectivity index (χ1v) is 6.95. The predicted molar refractivity (Wildman–Crippen MR) is 77.6 cm³/mol. The van der Waals surface area contributed by atoms with E-state index in [-0.39, 0.29) is 11.7 Å². The summed E-state index contributed by atoms with van der Waals surface area (Å²) < 4.78 is 13.8. The number of nitrogens with one attached hydrogen (secondary N) is 1. The summed E-state index contributed by atoms with van der Waals surface area (Å²) in [5, 5.41) is 2.81. The van der Waals surface area contributed by atoms with E-state index in [0.29, 0.717) is 37.6 Å². The molecule has 1 fully saturated rings. The largest absolute Gasteiger partial charge is 0.369 e. The lowest BCUT2D eigenvalue weighted by Gasteiger charge is -2.36. The second-order valence-corrected chi connectivity index (χ2v) is 5.63. The van der Waals surface area contributed by atoms with Crippen LogP contribution in [-0.2, 0) is 4.79 Å². The highest BCUT2D eigenvalue weighted by Crippen LogP contribution is 2.32. The molecule has 3 rings (SSSR count). The van der Waals surface area contributed by atoms with Gasteiger partial charge in [-0.2, -0.15) is 0 Å². The zero-order valence-corrected chi connectivity index (χ0v) is 12.1. The zero-order valence-electron chi connectivity index (χ0n) is 12.1. The quantitative estimate of drug-likeness (QED) is 0.823.